The number of carbonyl (C=O) groups excluding carboxylic acids is 2. The van der Waals surface area contributed by atoms with Crippen LogP contribution < -0.4 is 9.47 Å². The highest BCUT2D eigenvalue weighted by molar-refractivity contribution is 7.90. The number of nitrogens with zero attached hydrogens (tertiary/aromatic N) is 1. The van der Waals surface area contributed by atoms with Gasteiger partial charge in [-0.15, -0.1) is 0 Å². The molecule has 0 bridgehead atoms. The lowest BCUT2D eigenvalue weighted by molar-refractivity contribution is -0.141. The van der Waals surface area contributed by atoms with Crippen LogP contribution in [0.5, 0.6) is 11.5 Å². The van der Waals surface area contributed by atoms with Crippen molar-refractivity contribution in [3.63, 3.8) is 0 Å². The molecule has 156 valence electrons. The number of ether oxygens (including phenoxy) is 3. The van der Waals surface area contributed by atoms with Gasteiger partial charge >= 0.3 is 5.97 Å². The second-order valence-electron chi connectivity index (χ2n) is 6.26. The van der Waals surface area contributed by atoms with Gasteiger partial charge in [0, 0.05) is 24.4 Å². The predicted molar refractivity (Wildman–Crippen MR) is 106 cm³/mol. The summed E-state index contributed by atoms with van der Waals surface area (Å²) in [5.74, 6) is -0.0528. The van der Waals surface area contributed by atoms with E-state index in [1.165, 1.54) is 50.5 Å². The Hall–Kier alpha value is -3.07. The molecule has 1 amide bonds. The Kier molecular flexibility index (Phi) is 7.22. The van der Waals surface area contributed by atoms with Gasteiger partial charge in [-0.3, -0.25) is 9.59 Å². The third-order valence-electron chi connectivity index (χ3n) is 4.13. The highest BCUT2D eigenvalue weighted by atomic mass is 32.2. The average molecular weight is 421 g/mol. The largest absolute Gasteiger partial charge is 0.497 e. The SMILES string of the molecule is COC(=O)CN(Cc1cc(OC)cc(OC)c1)C(=O)c1cccc(S(C)(=O)=O)c1. The number of methoxy groups -OCH3 is 3. The molecule has 0 atom stereocenters. The third-order valence-corrected chi connectivity index (χ3v) is 5.24. The van der Waals surface area contributed by atoms with E-state index in [0.717, 1.165) is 6.26 Å². The summed E-state index contributed by atoms with van der Waals surface area (Å²) in [5.41, 5.74) is 0.810. The van der Waals surface area contributed by atoms with Gasteiger partial charge in [-0.25, -0.2) is 8.42 Å². The van der Waals surface area contributed by atoms with Gasteiger partial charge in [-0.2, -0.15) is 0 Å². The topological polar surface area (TPSA) is 99.2 Å². The van der Waals surface area contributed by atoms with E-state index in [0.29, 0.717) is 17.1 Å². The van der Waals surface area contributed by atoms with Gasteiger partial charge in [0.25, 0.3) is 5.91 Å². The van der Waals surface area contributed by atoms with Crippen LogP contribution in [0.2, 0.25) is 0 Å². The molecule has 0 aliphatic heterocycles. The average Bonchev–Trinajstić information content (AvgIpc) is 2.71. The molecular weight excluding hydrogens is 398 g/mol. The molecule has 0 aromatic heterocycles. The Morgan fingerprint density at radius 1 is 0.966 bits per heavy atom. The number of rotatable bonds is 8. The van der Waals surface area contributed by atoms with Crippen molar-refractivity contribution in [3.05, 3.63) is 53.6 Å². The lowest BCUT2D eigenvalue weighted by Crippen LogP contribution is -2.35. The number of hydrogen-bond donors (Lipinski definition) is 0. The van der Waals surface area contributed by atoms with Crippen LogP contribution in [0, 0.1) is 0 Å². The fraction of sp³-hybridized carbons (Fsp3) is 0.300. The van der Waals surface area contributed by atoms with Crippen LogP contribution in [0.25, 0.3) is 0 Å². The Balaban J connectivity index is 2.41. The van der Waals surface area contributed by atoms with E-state index in [2.05, 4.69) is 0 Å². The lowest BCUT2D eigenvalue weighted by Gasteiger charge is -2.22. The molecule has 0 fully saturated rings. The number of amides is 1. The summed E-state index contributed by atoms with van der Waals surface area (Å²) in [5, 5.41) is 0. The second-order valence-corrected chi connectivity index (χ2v) is 8.27. The van der Waals surface area contributed by atoms with Crippen molar-refractivity contribution in [1.29, 1.82) is 0 Å². The number of carbonyl (C=O) groups is 2. The maximum atomic E-state index is 13.0. The molecule has 0 unspecified atom stereocenters. The van der Waals surface area contributed by atoms with Crippen LogP contribution in [-0.4, -0.2) is 59.3 Å². The zero-order valence-corrected chi connectivity index (χ0v) is 17.5. The first-order chi connectivity index (χ1) is 13.7. The van der Waals surface area contributed by atoms with E-state index in [-0.39, 0.29) is 23.5 Å². The molecule has 9 heteroatoms. The first-order valence-corrected chi connectivity index (χ1v) is 10.4. The van der Waals surface area contributed by atoms with Gasteiger partial charge in [-0.05, 0) is 35.9 Å². The minimum absolute atomic E-state index is 0.0180. The lowest BCUT2D eigenvalue weighted by atomic mass is 10.1. The van der Waals surface area contributed by atoms with Gasteiger partial charge in [0.1, 0.15) is 18.0 Å². The Morgan fingerprint density at radius 3 is 2.10 bits per heavy atom. The summed E-state index contributed by atoms with van der Waals surface area (Å²) in [6, 6.07) is 10.8. The molecule has 2 rings (SSSR count). The molecule has 0 aliphatic carbocycles. The quantitative estimate of drug-likeness (QED) is 0.601. The molecule has 0 aliphatic rings. The van der Waals surface area contributed by atoms with Gasteiger partial charge in [0.2, 0.25) is 0 Å². The summed E-state index contributed by atoms with van der Waals surface area (Å²) < 4.78 is 38.8. The maximum Gasteiger partial charge on any atom is 0.325 e. The van der Waals surface area contributed by atoms with Gasteiger partial charge in [-0.1, -0.05) is 6.07 Å². The zero-order valence-electron chi connectivity index (χ0n) is 16.7. The summed E-state index contributed by atoms with van der Waals surface area (Å²) >= 11 is 0. The smallest absolute Gasteiger partial charge is 0.325 e. The molecule has 0 heterocycles. The summed E-state index contributed by atoms with van der Waals surface area (Å²) in [6.07, 6.45) is 1.06. The summed E-state index contributed by atoms with van der Waals surface area (Å²) in [7, 11) is 0.755. The van der Waals surface area contributed by atoms with Crippen molar-refractivity contribution >= 4 is 21.7 Å². The van der Waals surface area contributed by atoms with Crippen LogP contribution in [0.3, 0.4) is 0 Å². The summed E-state index contributed by atoms with van der Waals surface area (Å²) in [6.45, 7) is -0.247. The molecule has 2 aromatic carbocycles. The number of benzene rings is 2. The van der Waals surface area contributed by atoms with Crippen LogP contribution in [0.1, 0.15) is 15.9 Å². The van der Waals surface area contributed by atoms with Crippen LogP contribution in [-0.2, 0) is 25.9 Å². The van der Waals surface area contributed by atoms with Crippen molar-refractivity contribution in [1.82, 2.24) is 4.90 Å². The molecule has 0 saturated heterocycles. The Bertz CT molecular complexity index is 979. The first-order valence-electron chi connectivity index (χ1n) is 8.56. The monoisotopic (exact) mass is 421 g/mol. The number of sulfone groups is 1. The fourth-order valence-electron chi connectivity index (χ4n) is 2.64. The van der Waals surface area contributed by atoms with Crippen molar-refractivity contribution < 1.29 is 32.2 Å². The molecule has 2 aromatic rings. The Morgan fingerprint density at radius 2 is 1.59 bits per heavy atom. The van der Waals surface area contributed by atoms with Gasteiger partial charge in [0.15, 0.2) is 9.84 Å². The molecule has 0 spiro atoms. The minimum atomic E-state index is -3.48. The highest BCUT2D eigenvalue weighted by Crippen LogP contribution is 2.24. The summed E-state index contributed by atoms with van der Waals surface area (Å²) in [4.78, 5) is 26.2. The van der Waals surface area contributed by atoms with Crippen molar-refractivity contribution in [3.8, 4) is 11.5 Å². The van der Waals surface area contributed by atoms with E-state index in [4.69, 9.17) is 14.2 Å². The molecule has 0 saturated carbocycles. The first kappa shape index (κ1) is 22.2. The highest BCUT2D eigenvalue weighted by Gasteiger charge is 2.21. The van der Waals surface area contributed by atoms with Gasteiger partial charge in [0.05, 0.1) is 26.2 Å². The van der Waals surface area contributed by atoms with E-state index >= 15 is 0 Å². The van der Waals surface area contributed by atoms with E-state index in [9.17, 15) is 18.0 Å². The minimum Gasteiger partial charge on any atom is -0.497 e. The fourth-order valence-corrected chi connectivity index (χ4v) is 3.31. The molecule has 29 heavy (non-hydrogen) atoms. The predicted octanol–water partition coefficient (Wildman–Crippen LogP) is 1.92. The third kappa shape index (κ3) is 5.95. The normalized spacial score (nSPS) is 10.9. The Labute approximate surface area is 169 Å². The van der Waals surface area contributed by atoms with Crippen molar-refractivity contribution in [2.45, 2.75) is 11.4 Å². The molecule has 0 N–H and O–H groups in total. The number of esters is 1. The zero-order chi connectivity index (χ0) is 21.6. The molecule has 0 radical (unpaired) electrons. The van der Waals surface area contributed by atoms with Crippen molar-refractivity contribution in [2.75, 3.05) is 34.1 Å². The van der Waals surface area contributed by atoms with E-state index in [1.54, 1.807) is 18.2 Å². The van der Waals surface area contributed by atoms with Crippen LogP contribution in [0.4, 0.5) is 0 Å². The molecular formula is C20H23NO7S. The van der Waals surface area contributed by atoms with Crippen molar-refractivity contribution in [2.24, 2.45) is 0 Å². The van der Waals surface area contributed by atoms with Crippen LogP contribution >= 0.6 is 0 Å². The second kappa shape index (κ2) is 9.42. The van der Waals surface area contributed by atoms with Gasteiger partial charge < -0.3 is 19.1 Å². The van der Waals surface area contributed by atoms with E-state index in [1.807, 2.05) is 0 Å². The van der Waals surface area contributed by atoms with E-state index < -0.39 is 21.7 Å². The van der Waals surface area contributed by atoms with Crippen LogP contribution in [0.15, 0.2) is 47.4 Å². The maximum absolute atomic E-state index is 13.0. The number of hydrogen-bond acceptors (Lipinski definition) is 7. The molecule has 8 nitrogen and oxygen atoms in total. The standard InChI is InChI=1S/C20H23NO7S/c1-26-16-8-14(9-17(11-16)27-2)12-21(13-19(22)28-3)20(23)15-6-5-7-18(10-15)29(4,24)25/h5-11H,12-13H2,1-4H3.